The van der Waals surface area contributed by atoms with Crippen molar-refractivity contribution in [3.8, 4) is 5.75 Å². The molecule has 0 aromatic heterocycles. The van der Waals surface area contributed by atoms with Crippen LogP contribution in [-0.2, 0) is 4.79 Å². The molecule has 0 spiro atoms. The summed E-state index contributed by atoms with van der Waals surface area (Å²) in [6.07, 6.45) is 3.78. The average Bonchev–Trinajstić information content (AvgIpc) is 2.68. The van der Waals surface area contributed by atoms with Crippen molar-refractivity contribution < 1.29 is 9.53 Å². The van der Waals surface area contributed by atoms with Gasteiger partial charge in [-0.05, 0) is 74.8 Å². The van der Waals surface area contributed by atoms with E-state index in [2.05, 4.69) is 34.6 Å². The SMILES string of the molecule is C[C@@H]1CCCCN1c1ccc(NC(=S)NC(=O)COc2ccccc2)cc1. The molecule has 0 bridgehead atoms. The molecule has 1 aliphatic heterocycles. The number of carbonyl (C=O) groups is 1. The number of hydrogen-bond donors (Lipinski definition) is 2. The lowest BCUT2D eigenvalue weighted by molar-refractivity contribution is -0.121. The molecule has 142 valence electrons. The van der Waals surface area contributed by atoms with E-state index in [1.165, 1.54) is 24.9 Å². The molecule has 1 amide bonds. The molecule has 6 heteroatoms. The largest absolute Gasteiger partial charge is 0.484 e. The molecule has 0 aliphatic carbocycles. The monoisotopic (exact) mass is 383 g/mol. The van der Waals surface area contributed by atoms with Crippen LogP contribution in [0.15, 0.2) is 54.6 Å². The Labute approximate surface area is 165 Å². The molecule has 2 aromatic carbocycles. The minimum absolute atomic E-state index is 0.0857. The van der Waals surface area contributed by atoms with Crippen LogP contribution in [0.25, 0.3) is 0 Å². The van der Waals surface area contributed by atoms with Gasteiger partial charge in [-0.25, -0.2) is 0 Å². The fraction of sp³-hybridized carbons (Fsp3) is 0.333. The van der Waals surface area contributed by atoms with Gasteiger partial charge < -0.3 is 15.0 Å². The van der Waals surface area contributed by atoms with Gasteiger partial charge in [-0.1, -0.05) is 18.2 Å². The van der Waals surface area contributed by atoms with Crippen molar-refractivity contribution in [1.29, 1.82) is 0 Å². The Morgan fingerprint density at radius 2 is 1.89 bits per heavy atom. The lowest BCUT2D eigenvalue weighted by Gasteiger charge is -2.35. The van der Waals surface area contributed by atoms with E-state index in [9.17, 15) is 4.79 Å². The van der Waals surface area contributed by atoms with Gasteiger partial charge in [0.05, 0.1) is 0 Å². The Bertz CT molecular complexity index is 765. The first-order chi connectivity index (χ1) is 13.1. The fourth-order valence-corrected chi connectivity index (χ4v) is 3.44. The highest BCUT2D eigenvalue weighted by Gasteiger charge is 2.18. The minimum Gasteiger partial charge on any atom is -0.484 e. The molecule has 0 radical (unpaired) electrons. The lowest BCUT2D eigenvalue weighted by Crippen LogP contribution is -2.37. The summed E-state index contributed by atoms with van der Waals surface area (Å²) in [4.78, 5) is 14.4. The van der Waals surface area contributed by atoms with Gasteiger partial charge in [0, 0.05) is 24.0 Å². The van der Waals surface area contributed by atoms with Crippen LogP contribution in [0.2, 0.25) is 0 Å². The maximum Gasteiger partial charge on any atom is 0.264 e. The van der Waals surface area contributed by atoms with E-state index in [0.717, 1.165) is 12.2 Å². The van der Waals surface area contributed by atoms with Crippen molar-refractivity contribution in [1.82, 2.24) is 5.32 Å². The summed E-state index contributed by atoms with van der Waals surface area (Å²) >= 11 is 5.21. The zero-order valence-corrected chi connectivity index (χ0v) is 16.3. The number of thiocarbonyl (C=S) groups is 1. The van der Waals surface area contributed by atoms with Crippen molar-refractivity contribution in [2.75, 3.05) is 23.4 Å². The number of rotatable bonds is 5. The molecule has 5 nitrogen and oxygen atoms in total. The van der Waals surface area contributed by atoms with Crippen LogP contribution in [0.4, 0.5) is 11.4 Å². The Morgan fingerprint density at radius 3 is 2.59 bits per heavy atom. The Kier molecular flexibility index (Phi) is 6.65. The number of ether oxygens (including phenoxy) is 1. The highest BCUT2D eigenvalue weighted by atomic mass is 32.1. The second kappa shape index (κ2) is 9.37. The minimum atomic E-state index is -0.296. The summed E-state index contributed by atoms with van der Waals surface area (Å²) in [7, 11) is 0. The first-order valence-electron chi connectivity index (χ1n) is 9.27. The number of piperidine rings is 1. The van der Waals surface area contributed by atoms with Gasteiger partial charge in [0.15, 0.2) is 11.7 Å². The van der Waals surface area contributed by atoms with Gasteiger partial charge >= 0.3 is 0 Å². The highest BCUT2D eigenvalue weighted by molar-refractivity contribution is 7.80. The first kappa shape index (κ1) is 19.2. The molecular formula is C21H25N3O2S. The normalized spacial score (nSPS) is 16.5. The molecule has 1 saturated heterocycles. The van der Waals surface area contributed by atoms with E-state index >= 15 is 0 Å². The van der Waals surface area contributed by atoms with Crippen LogP contribution in [0.1, 0.15) is 26.2 Å². The van der Waals surface area contributed by atoms with Crippen LogP contribution in [0.5, 0.6) is 5.75 Å². The van der Waals surface area contributed by atoms with Crippen molar-refractivity contribution in [2.45, 2.75) is 32.2 Å². The van der Waals surface area contributed by atoms with Crippen LogP contribution in [-0.4, -0.2) is 30.2 Å². The van der Waals surface area contributed by atoms with Gasteiger partial charge in [-0.15, -0.1) is 0 Å². The quantitative estimate of drug-likeness (QED) is 0.766. The molecule has 3 rings (SSSR count). The summed E-state index contributed by atoms with van der Waals surface area (Å²) in [5.74, 6) is 0.351. The molecule has 1 fully saturated rings. The molecular weight excluding hydrogens is 358 g/mol. The molecule has 2 aromatic rings. The van der Waals surface area contributed by atoms with Gasteiger partial charge in [-0.3, -0.25) is 10.1 Å². The third-order valence-electron chi connectivity index (χ3n) is 4.63. The van der Waals surface area contributed by atoms with Crippen molar-refractivity contribution in [3.05, 3.63) is 54.6 Å². The van der Waals surface area contributed by atoms with Crippen LogP contribution < -0.4 is 20.3 Å². The number of amides is 1. The van der Waals surface area contributed by atoms with E-state index in [1.807, 2.05) is 30.3 Å². The fourth-order valence-electron chi connectivity index (χ4n) is 3.21. The summed E-state index contributed by atoms with van der Waals surface area (Å²) in [6.45, 7) is 3.29. The number of nitrogens with one attached hydrogen (secondary N) is 2. The number of para-hydroxylation sites is 1. The topological polar surface area (TPSA) is 53.6 Å². The van der Waals surface area contributed by atoms with E-state index in [-0.39, 0.29) is 17.6 Å². The van der Waals surface area contributed by atoms with E-state index < -0.39 is 0 Å². The zero-order valence-electron chi connectivity index (χ0n) is 15.5. The molecule has 27 heavy (non-hydrogen) atoms. The predicted molar refractivity (Wildman–Crippen MR) is 113 cm³/mol. The summed E-state index contributed by atoms with van der Waals surface area (Å²) in [6, 6.07) is 17.9. The lowest BCUT2D eigenvalue weighted by atomic mass is 10.0. The van der Waals surface area contributed by atoms with E-state index in [4.69, 9.17) is 17.0 Å². The Hall–Kier alpha value is -2.60. The highest BCUT2D eigenvalue weighted by Crippen LogP contribution is 2.25. The summed E-state index contributed by atoms with van der Waals surface area (Å²) in [5.41, 5.74) is 2.07. The summed E-state index contributed by atoms with van der Waals surface area (Å²) < 4.78 is 5.41. The standard InChI is InChI=1S/C21H25N3O2S/c1-16-7-5-6-14-24(16)18-12-10-17(11-13-18)22-21(27)23-20(25)15-26-19-8-3-2-4-9-19/h2-4,8-13,16H,5-7,14-15H2,1H3,(H2,22,23,25,27)/t16-/m1/s1. The third-order valence-corrected chi connectivity index (χ3v) is 4.83. The maximum atomic E-state index is 11.9. The van der Waals surface area contributed by atoms with Crippen molar-refractivity contribution >= 4 is 34.6 Å². The summed E-state index contributed by atoms with van der Waals surface area (Å²) in [5, 5.41) is 5.93. The smallest absolute Gasteiger partial charge is 0.264 e. The predicted octanol–water partition coefficient (Wildman–Crippen LogP) is 3.96. The average molecular weight is 384 g/mol. The third kappa shape index (κ3) is 5.69. The molecule has 1 atom stereocenters. The van der Waals surface area contributed by atoms with Gasteiger partial charge in [-0.2, -0.15) is 0 Å². The van der Waals surface area contributed by atoms with Crippen LogP contribution in [0.3, 0.4) is 0 Å². The van der Waals surface area contributed by atoms with Crippen molar-refractivity contribution in [3.63, 3.8) is 0 Å². The molecule has 0 unspecified atom stereocenters. The van der Waals surface area contributed by atoms with Crippen LogP contribution in [0, 0.1) is 0 Å². The molecule has 1 aliphatic rings. The Balaban J connectivity index is 1.46. The molecule has 0 saturated carbocycles. The van der Waals surface area contributed by atoms with Gasteiger partial charge in [0.25, 0.3) is 5.91 Å². The van der Waals surface area contributed by atoms with Gasteiger partial charge in [0.1, 0.15) is 5.75 Å². The van der Waals surface area contributed by atoms with E-state index in [0.29, 0.717) is 11.8 Å². The number of anilines is 2. The number of carbonyl (C=O) groups excluding carboxylic acids is 1. The van der Waals surface area contributed by atoms with Gasteiger partial charge in [0.2, 0.25) is 0 Å². The van der Waals surface area contributed by atoms with E-state index in [1.54, 1.807) is 12.1 Å². The second-order valence-electron chi connectivity index (χ2n) is 6.69. The first-order valence-corrected chi connectivity index (χ1v) is 9.68. The molecule has 1 heterocycles. The Morgan fingerprint density at radius 1 is 1.15 bits per heavy atom. The number of hydrogen-bond acceptors (Lipinski definition) is 4. The van der Waals surface area contributed by atoms with Crippen LogP contribution >= 0.6 is 12.2 Å². The number of nitrogens with zero attached hydrogens (tertiary/aromatic N) is 1. The molecule has 2 N–H and O–H groups in total. The number of benzene rings is 2. The second-order valence-corrected chi connectivity index (χ2v) is 7.10. The van der Waals surface area contributed by atoms with Crippen molar-refractivity contribution in [2.24, 2.45) is 0 Å². The maximum absolute atomic E-state index is 11.9. The zero-order chi connectivity index (χ0) is 19.1.